The summed E-state index contributed by atoms with van der Waals surface area (Å²) in [7, 11) is -3.47. The second-order valence-corrected chi connectivity index (χ2v) is 7.30. The van der Waals surface area contributed by atoms with Gasteiger partial charge in [-0.1, -0.05) is 19.4 Å². The average molecular weight is 292 g/mol. The third kappa shape index (κ3) is 2.87. The molecule has 0 spiro atoms. The SMILES string of the molecule is CCCC1CCN(S(=O)(=O)c2cc(C#N)ccc2C)C1. The van der Waals surface area contributed by atoms with E-state index in [9.17, 15) is 8.42 Å². The maximum Gasteiger partial charge on any atom is 0.243 e. The minimum Gasteiger partial charge on any atom is -0.207 e. The number of aryl methyl sites for hydroxylation is 1. The van der Waals surface area contributed by atoms with Crippen molar-refractivity contribution in [1.82, 2.24) is 4.31 Å². The van der Waals surface area contributed by atoms with Crippen molar-refractivity contribution in [1.29, 1.82) is 5.26 Å². The predicted octanol–water partition coefficient (Wildman–Crippen LogP) is 2.68. The van der Waals surface area contributed by atoms with E-state index < -0.39 is 10.0 Å². The first-order chi connectivity index (χ1) is 9.48. The Morgan fingerprint density at radius 2 is 2.20 bits per heavy atom. The van der Waals surface area contributed by atoms with Gasteiger partial charge in [0.2, 0.25) is 10.0 Å². The maximum absolute atomic E-state index is 12.7. The summed E-state index contributed by atoms with van der Waals surface area (Å²) in [4.78, 5) is 0.272. The molecule has 2 rings (SSSR count). The van der Waals surface area contributed by atoms with Crippen LogP contribution < -0.4 is 0 Å². The van der Waals surface area contributed by atoms with E-state index in [1.807, 2.05) is 6.07 Å². The van der Waals surface area contributed by atoms with Gasteiger partial charge in [0.1, 0.15) is 0 Å². The second kappa shape index (κ2) is 5.94. The molecule has 0 amide bonds. The Morgan fingerprint density at radius 3 is 2.85 bits per heavy atom. The first kappa shape index (κ1) is 15.0. The molecule has 1 saturated heterocycles. The Morgan fingerprint density at radius 1 is 1.45 bits per heavy atom. The topological polar surface area (TPSA) is 61.2 Å². The van der Waals surface area contributed by atoms with Crippen LogP contribution in [0.5, 0.6) is 0 Å². The molecule has 0 bridgehead atoms. The highest BCUT2D eigenvalue weighted by Crippen LogP contribution is 2.28. The van der Waals surface area contributed by atoms with Gasteiger partial charge in [-0.15, -0.1) is 0 Å². The number of nitrogens with zero attached hydrogens (tertiary/aromatic N) is 2. The molecular formula is C15H20N2O2S. The van der Waals surface area contributed by atoms with Crippen LogP contribution >= 0.6 is 0 Å². The molecule has 0 saturated carbocycles. The summed E-state index contributed by atoms with van der Waals surface area (Å²) in [5, 5.41) is 8.94. The van der Waals surface area contributed by atoms with Crippen LogP contribution in [0.25, 0.3) is 0 Å². The van der Waals surface area contributed by atoms with E-state index >= 15 is 0 Å². The number of nitriles is 1. The molecule has 4 nitrogen and oxygen atoms in total. The van der Waals surface area contributed by atoms with Gasteiger partial charge in [0.15, 0.2) is 0 Å². The van der Waals surface area contributed by atoms with Crippen LogP contribution in [0.15, 0.2) is 23.1 Å². The Balaban J connectivity index is 2.30. The van der Waals surface area contributed by atoms with Crippen molar-refractivity contribution in [3.05, 3.63) is 29.3 Å². The molecule has 0 aliphatic carbocycles. The van der Waals surface area contributed by atoms with E-state index in [1.54, 1.807) is 23.4 Å². The highest BCUT2D eigenvalue weighted by atomic mass is 32.2. The van der Waals surface area contributed by atoms with Crippen molar-refractivity contribution in [2.75, 3.05) is 13.1 Å². The molecule has 1 aliphatic heterocycles. The van der Waals surface area contributed by atoms with Crippen molar-refractivity contribution >= 4 is 10.0 Å². The molecule has 1 atom stereocenters. The Kier molecular flexibility index (Phi) is 4.46. The van der Waals surface area contributed by atoms with Crippen LogP contribution in [-0.2, 0) is 10.0 Å². The fourth-order valence-corrected chi connectivity index (χ4v) is 4.53. The highest BCUT2D eigenvalue weighted by Gasteiger charge is 2.32. The van der Waals surface area contributed by atoms with Crippen molar-refractivity contribution in [2.45, 2.75) is 38.0 Å². The monoisotopic (exact) mass is 292 g/mol. The summed E-state index contributed by atoms with van der Waals surface area (Å²) in [5.41, 5.74) is 1.08. The number of sulfonamides is 1. The lowest BCUT2D eigenvalue weighted by molar-refractivity contribution is 0.444. The van der Waals surface area contributed by atoms with E-state index in [-0.39, 0.29) is 4.90 Å². The van der Waals surface area contributed by atoms with E-state index in [0.717, 1.165) is 19.3 Å². The van der Waals surface area contributed by atoms with Gasteiger partial charge in [0.25, 0.3) is 0 Å². The number of rotatable bonds is 4. The molecule has 1 aromatic rings. The molecule has 1 heterocycles. The first-order valence-electron chi connectivity index (χ1n) is 7.00. The van der Waals surface area contributed by atoms with E-state index in [0.29, 0.717) is 30.1 Å². The minimum atomic E-state index is -3.47. The zero-order valence-electron chi connectivity index (χ0n) is 12.0. The van der Waals surface area contributed by atoms with Crippen LogP contribution in [0.3, 0.4) is 0 Å². The van der Waals surface area contributed by atoms with Gasteiger partial charge in [0.05, 0.1) is 16.5 Å². The molecule has 1 aromatic carbocycles. The summed E-state index contributed by atoms with van der Waals surface area (Å²) in [6, 6.07) is 6.84. The van der Waals surface area contributed by atoms with Gasteiger partial charge in [0, 0.05) is 13.1 Å². The molecule has 0 aromatic heterocycles. The van der Waals surface area contributed by atoms with Crippen LogP contribution in [0.2, 0.25) is 0 Å². The summed E-state index contributed by atoms with van der Waals surface area (Å²) in [6.45, 7) is 5.08. The standard InChI is InChI=1S/C15H20N2O2S/c1-3-4-13-7-8-17(11-13)20(18,19)15-9-14(10-16)6-5-12(15)2/h5-6,9,13H,3-4,7-8,11H2,1-2H3. The van der Waals surface area contributed by atoms with Gasteiger partial charge in [-0.3, -0.25) is 0 Å². The van der Waals surface area contributed by atoms with E-state index in [4.69, 9.17) is 5.26 Å². The third-order valence-electron chi connectivity index (χ3n) is 3.88. The molecule has 0 N–H and O–H groups in total. The second-order valence-electron chi connectivity index (χ2n) is 5.40. The highest BCUT2D eigenvalue weighted by molar-refractivity contribution is 7.89. The van der Waals surface area contributed by atoms with Crippen LogP contribution in [0.4, 0.5) is 0 Å². The average Bonchev–Trinajstić information content (AvgIpc) is 2.89. The quantitative estimate of drug-likeness (QED) is 0.857. The predicted molar refractivity (Wildman–Crippen MR) is 77.7 cm³/mol. The number of hydrogen-bond acceptors (Lipinski definition) is 3. The molecule has 108 valence electrons. The molecule has 20 heavy (non-hydrogen) atoms. The lowest BCUT2D eigenvalue weighted by Gasteiger charge is -2.18. The molecule has 0 radical (unpaired) electrons. The van der Waals surface area contributed by atoms with Gasteiger partial charge in [-0.25, -0.2) is 8.42 Å². The van der Waals surface area contributed by atoms with Crippen LogP contribution in [0, 0.1) is 24.2 Å². The zero-order valence-corrected chi connectivity index (χ0v) is 12.8. The Labute approximate surface area is 121 Å². The van der Waals surface area contributed by atoms with Gasteiger partial charge >= 0.3 is 0 Å². The molecule has 1 aliphatic rings. The normalized spacial score (nSPS) is 19.9. The lowest BCUT2D eigenvalue weighted by Crippen LogP contribution is -2.29. The van der Waals surface area contributed by atoms with Crippen LogP contribution in [-0.4, -0.2) is 25.8 Å². The van der Waals surface area contributed by atoms with Gasteiger partial charge in [-0.2, -0.15) is 9.57 Å². The number of benzene rings is 1. The Hall–Kier alpha value is -1.38. The summed E-state index contributed by atoms with van der Waals surface area (Å²) < 4.78 is 26.9. The van der Waals surface area contributed by atoms with Gasteiger partial charge in [-0.05, 0) is 43.4 Å². The summed E-state index contributed by atoms with van der Waals surface area (Å²) >= 11 is 0. The fraction of sp³-hybridized carbons (Fsp3) is 0.533. The molecule has 1 unspecified atom stereocenters. The van der Waals surface area contributed by atoms with Crippen LogP contribution in [0.1, 0.15) is 37.3 Å². The van der Waals surface area contributed by atoms with E-state index in [2.05, 4.69) is 6.92 Å². The Bertz CT molecular complexity index is 632. The minimum absolute atomic E-state index is 0.272. The van der Waals surface area contributed by atoms with Gasteiger partial charge < -0.3 is 0 Å². The van der Waals surface area contributed by atoms with Crippen molar-refractivity contribution in [3.63, 3.8) is 0 Å². The largest absolute Gasteiger partial charge is 0.243 e. The fourth-order valence-electron chi connectivity index (χ4n) is 2.75. The van der Waals surface area contributed by atoms with Crippen molar-refractivity contribution in [2.24, 2.45) is 5.92 Å². The molecule has 1 fully saturated rings. The first-order valence-corrected chi connectivity index (χ1v) is 8.44. The molecule has 5 heteroatoms. The van der Waals surface area contributed by atoms with Crippen molar-refractivity contribution in [3.8, 4) is 6.07 Å². The third-order valence-corrected chi connectivity index (χ3v) is 5.89. The van der Waals surface area contributed by atoms with Crippen molar-refractivity contribution < 1.29 is 8.42 Å². The summed E-state index contributed by atoms with van der Waals surface area (Å²) in [6.07, 6.45) is 3.09. The number of hydrogen-bond donors (Lipinski definition) is 0. The maximum atomic E-state index is 12.7. The summed E-state index contributed by atoms with van der Waals surface area (Å²) in [5.74, 6) is 0.467. The van der Waals surface area contributed by atoms with E-state index in [1.165, 1.54) is 6.07 Å². The lowest BCUT2D eigenvalue weighted by atomic mass is 10.0. The zero-order chi connectivity index (χ0) is 14.8. The molecular weight excluding hydrogens is 272 g/mol. The smallest absolute Gasteiger partial charge is 0.207 e.